The van der Waals surface area contributed by atoms with E-state index in [4.69, 9.17) is 0 Å². The van der Waals surface area contributed by atoms with Crippen LogP contribution in [0.2, 0.25) is 0 Å². The summed E-state index contributed by atoms with van der Waals surface area (Å²) < 4.78 is 22.6. The smallest absolute Gasteiger partial charge is 0.313 e. The van der Waals surface area contributed by atoms with Crippen molar-refractivity contribution in [3.8, 4) is 0 Å². The highest BCUT2D eigenvalue weighted by Gasteiger charge is 2.30. The van der Waals surface area contributed by atoms with Gasteiger partial charge in [-0.2, -0.15) is 0 Å². The van der Waals surface area contributed by atoms with Crippen LogP contribution in [0.3, 0.4) is 0 Å². The van der Waals surface area contributed by atoms with Gasteiger partial charge in [0, 0.05) is 11.7 Å². The van der Waals surface area contributed by atoms with Crippen molar-refractivity contribution >= 4 is 27.3 Å². The van der Waals surface area contributed by atoms with Gasteiger partial charge in [-0.25, -0.2) is 8.42 Å². The van der Waals surface area contributed by atoms with Gasteiger partial charge < -0.3 is 10.6 Å². The fraction of sp³-hybridized carbons (Fsp3) is 0.429. The molecule has 114 valence electrons. The molecular formula is C14H18N2O4S. The molecule has 0 spiro atoms. The summed E-state index contributed by atoms with van der Waals surface area (Å²) in [5, 5.41) is 4.93. The van der Waals surface area contributed by atoms with Crippen LogP contribution in [0.4, 0.5) is 5.69 Å². The largest absolute Gasteiger partial charge is 0.344 e. The highest BCUT2D eigenvalue weighted by molar-refractivity contribution is 7.91. The molecule has 2 rings (SSSR count). The molecule has 7 heteroatoms. The number of amides is 2. The van der Waals surface area contributed by atoms with Crippen molar-refractivity contribution in [1.82, 2.24) is 5.32 Å². The standard InChI is InChI=1S/C14H18N2O4S/c1-2-10-3-5-11(6-4-10)15-13(17)14(18)16-12-7-8-21(19,20)9-12/h3-6,12H,2,7-9H2,1H3,(H,15,17)(H,16,18). The number of nitrogens with one attached hydrogen (secondary N) is 2. The molecule has 0 aliphatic carbocycles. The van der Waals surface area contributed by atoms with Crippen LogP contribution in [0.5, 0.6) is 0 Å². The molecule has 0 radical (unpaired) electrons. The lowest BCUT2D eigenvalue weighted by atomic mass is 10.1. The van der Waals surface area contributed by atoms with Crippen LogP contribution in [0.1, 0.15) is 18.9 Å². The number of carbonyl (C=O) groups excluding carboxylic acids is 2. The molecule has 1 unspecified atom stereocenters. The molecule has 2 amide bonds. The van der Waals surface area contributed by atoms with Gasteiger partial charge in [0.2, 0.25) is 0 Å². The molecule has 1 aromatic rings. The van der Waals surface area contributed by atoms with Gasteiger partial charge in [-0.3, -0.25) is 9.59 Å². The molecule has 2 N–H and O–H groups in total. The van der Waals surface area contributed by atoms with E-state index >= 15 is 0 Å². The first-order chi connectivity index (χ1) is 9.89. The minimum Gasteiger partial charge on any atom is -0.344 e. The van der Waals surface area contributed by atoms with Gasteiger partial charge in [0.1, 0.15) is 0 Å². The maximum absolute atomic E-state index is 11.7. The fourth-order valence-corrected chi connectivity index (χ4v) is 3.84. The molecule has 1 atom stereocenters. The van der Waals surface area contributed by atoms with Crippen LogP contribution >= 0.6 is 0 Å². The monoisotopic (exact) mass is 310 g/mol. The van der Waals surface area contributed by atoms with Crippen molar-refractivity contribution in [3.05, 3.63) is 29.8 Å². The first-order valence-corrected chi connectivity index (χ1v) is 8.63. The van der Waals surface area contributed by atoms with Crippen molar-refractivity contribution < 1.29 is 18.0 Å². The van der Waals surface area contributed by atoms with Gasteiger partial charge in [0.15, 0.2) is 9.84 Å². The lowest BCUT2D eigenvalue weighted by molar-refractivity contribution is -0.136. The fourth-order valence-electron chi connectivity index (χ4n) is 2.17. The van der Waals surface area contributed by atoms with Gasteiger partial charge in [-0.15, -0.1) is 0 Å². The Kier molecular flexibility index (Phi) is 4.62. The number of hydrogen-bond acceptors (Lipinski definition) is 4. The average molecular weight is 310 g/mol. The summed E-state index contributed by atoms with van der Waals surface area (Å²) in [5.41, 5.74) is 1.67. The number of benzene rings is 1. The molecule has 1 heterocycles. The van der Waals surface area contributed by atoms with E-state index in [-0.39, 0.29) is 11.5 Å². The zero-order valence-corrected chi connectivity index (χ0v) is 12.6. The minimum atomic E-state index is -3.08. The van der Waals surface area contributed by atoms with Crippen LogP contribution < -0.4 is 10.6 Å². The summed E-state index contributed by atoms with van der Waals surface area (Å²) in [6.45, 7) is 2.02. The number of rotatable bonds is 3. The summed E-state index contributed by atoms with van der Waals surface area (Å²) in [5.74, 6) is -1.64. The maximum atomic E-state index is 11.7. The van der Waals surface area contributed by atoms with E-state index in [0.717, 1.165) is 12.0 Å². The van der Waals surface area contributed by atoms with E-state index in [1.165, 1.54) is 0 Å². The topological polar surface area (TPSA) is 92.3 Å². The van der Waals surface area contributed by atoms with Crippen LogP contribution in [-0.2, 0) is 25.8 Å². The number of sulfone groups is 1. The summed E-state index contributed by atoms with van der Waals surface area (Å²) >= 11 is 0. The molecule has 1 saturated heterocycles. The molecular weight excluding hydrogens is 292 g/mol. The van der Waals surface area contributed by atoms with Crippen LogP contribution in [-0.4, -0.2) is 37.8 Å². The van der Waals surface area contributed by atoms with Crippen LogP contribution in [0.25, 0.3) is 0 Å². The predicted octanol–water partition coefficient (Wildman–Crippen LogP) is 0.491. The third kappa shape index (κ3) is 4.29. The molecule has 6 nitrogen and oxygen atoms in total. The molecule has 1 fully saturated rings. The zero-order chi connectivity index (χ0) is 15.5. The SMILES string of the molecule is CCc1ccc(NC(=O)C(=O)NC2CCS(=O)(=O)C2)cc1. The zero-order valence-electron chi connectivity index (χ0n) is 11.8. The predicted molar refractivity (Wildman–Crippen MR) is 79.7 cm³/mol. The van der Waals surface area contributed by atoms with Gasteiger partial charge in [0.05, 0.1) is 11.5 Å². The Morgan fingerprint density at radius 1 is 1.19 bits per heavy atom. The highest BCUT2D eigenvalue weighted by atomic mass is 32.2. The number of hydrogen-bond donors (Lipinski definition) is 2. The number of aryl methyl sites for hydroxylation is 1. The highest BCUT2D eigenvalue weighted by Crippen LogP contribution is 2.12. The minimum absolute atomic E-state index is 0.0536. The first-order valence-electron chi connectivity index (χ1n) is 6.81. The van der Waals surface area contributed by atoms with E-state index < -0.39 is 27.7 Å². The Morgan fingerprint density at radius 2 is 1.86 bits per heavy atom. The Labute approximate surface area is 123 Å². The summed E-state index contributed by atoms with van der Waals surface area (Å²) in [7, 11) is -3.08. The number of carbonyl (C=O) groups is 2. The first kappa shape index (κ1) is 15.5. The van der Waals surface area contributed by atoms with E-state index in [9.17, 15) is 18.0 Å². The van der Waals surface area contributed by atoms with E-state index in [1.54, 1.807) is 12.1 Å². The second kappa shape index (κ2) is 6.26. The Hall–Kier alpha value is -1.89. The number of anilines is 1. The summed E-state index contributed by atoms with van der Waals surface area (Å²) in [6.07, 6.45) is 1.25. The molecule has 1 aliphatic rings. The molecule has 1 aromatic carbocycles. The van der Waals surface area contributed by atoms with E-state index in [2.05, 4.69) is 10.6 Å². The average Bonchev–Trinajstić information content (AvgIpc) is 2.78. The Bertz CT molecular complexity index is 637. The molecule has 1 aliphatic heterocycles. The normalized spacial score (nSPS) is 20.0. The lowest BCUT2D eigenvalue weighted by Gasteiger charge is -2.11. The molecule has 21 heavy (non-hydrogen) atoms. The van der Waals surface area contributed by atoms with Crippen molar-refractivity contribution in [2.45, 2.75) is 25.8 Å². The van der Waals surface area contributed by atoms with Crippen molar-refractivity contribution in [3.63, 3.8) is 0 Å². The lowest BCUT2D eigenvalue weighted by Crippen LogP contribution is -2.42. The second-order valence-corrected chi connectivity index (χ2v) is 7.31. The summed E-state index contributed by atoms with van der Waals surface area (Å²) in [6, 6.07) is 6.72. The molecule has 0 bridgehead atoms. The molecule has 0 aromatic heterocycles. The third-order valence-electron chi connectivity index (χ3n) is 3.39. The third-order valence-corrected chi connectivity index (χ3v) is 5.16. The maximum Gasteiger partial charge on any atom is 0.313 e. The molecule has 0 saturated carbocycles. The Balaban J connectivity index is 1.89. The Morgan fingerprint density at radius 3 is 2.38 bits per heavy atom. The van der Waals surface area contributed by atoms with Gasteiger partial charge in [-0.1, -0.05) is 19.1 Å². The van der Waals surface area contributed by atoms with Crippen molar-refractivity contribution in [1.29, 1.82) is 0 Å². The summed E-state index contributed by atoms with van der Waals surface area (Å²) in [4.78, 5) is 23.5. The quantitative estimate of drug-likeness (QED) is 0.795. The van der Waals surface area contributed by atoms with E-state index in [1.807, 2.05) is 19.1 Å². The van der Waals surface area contributed by atoms with Gasteiger partial charge >= 0.3 is 11.8 Å². The van der Waals surface area contributed by atoms with Gasteiger partial charge in [-0.05, 0) is 30.5 Å². The van der Waals surface area contributed by atoms with Crippen LogP contribution in [0.15, 0.2) is 24.3 Å². The van der Waals surface area contributed by atoms with Crippen LogP contribution in [0, 0.1) is 0 Å². The second-order valence-electron chi connectivity index (χ2n) is 5.08. The van der Waals surface area contributed by atoms with Crippen molar-refractivity contribution in [2.75, 3.05) is 16.8 Å². The van der Waals surface area contributed by atoms with Crippen molar-refractivity contribution in [2.24, 2.45) is 0 Å². The van der Waals surface area contributed by atoms with Gasteiger partial charge in [0.25, 0.3) is 0 Å². The van der Waals surface area contributed by atoms with E-state index in [0.29, 0.717) is 12.1 Å².